The van der Waals surface area contributed by atoms with Crippen molar-refractivity contribution in [2.75, 3.05) is 26.8 Å². The lowest BCUT2D eigenvalue weighted by Gasteiger charge is -2.19. The zero-order valence-corrected chi connectivity index (χ0v) is 8.27. The smallest absolute Gasteiger partial charge is 0.110 e. The van der Waals surface area contributed by atoms with Crippen molar-refractivity contribution < 1.29 is 5.11 Å². The molecule has 5 nitrogen and oxygen atoms in total. The summed E-state index contributed by atoms with van der Waals surface area (Å²) in [5.74, 6) is 0. The fourth-order valence-electron chi connectivity index (χ4n) is 0.684. The number of rotatable bonds is 7. The van der Waals surface area contributed by atoms with E-state index < -0.39 is 6.23 Å². The second kappa shape index (κ2) is 7.85. The molecule has 0 fully saturated rings. The van der Waals surface area contributed by atoms with E-state index in [1.165, 1.54) is 6.34 Å². The summed E-state index contributed by atoms with van der Waals surface area (Å²) < 4.78 is 0. The maximum absolute atomic E-state index is 9.11. The van der Waals surface area contributed by atoms with Crippen LogP contribution in [0.25, 0.3) is 0 Å². The molecule has 0 aromatic rings. The van der Waals surface area contributed by atoms with Crippen LogP contribution in [0.15, 0.2) is 9.98 Å². The molecular formula is C8H18N4O. The van der Waals surface area contributed by atoms with Gasteiger partial charge in [0.2, 0.25) is 0 Å². The second-order valence-corrected chi connectivity index (χ2v) is 2.75. The Morgan fingerprint density at radius 1 is 1.69 bits per heavy atom. The second-order valence-electron chi connectivity index (χ2n) is 2.75. The van der Waals surface area contributed by atoms with Gasteiger partial charge in [-0.1, -0.05) is 0 Å². The minimum Gasteiger partial charge on any atom is -0.379 e. The van der Waals surface area contributed by atoms with E-state index in [1.807, 2.05) is 11.9 Å². The van der Waals surface area contributed by atoms with E-state index in [-0.39, 0.29) is 0 Å². The lowest BCUT2D eigenvalue weighted by molar-refractivity contribution is 0.0394. The molecule has 76 valence electrons. The Hall–Kier alpha value is -0.780. The molecule has 0 saturated heterocycles. The molecule has 0 spiro atoms. The minimum atomic E-state index is -0.403. The highest BCUT2D eigenvalue weighted by Crippen LogP contribution is 1.87. The van der Waals surface area contributed by atoms with Crippen LogP contribution in [0.2, 0.25) is 0 Å². The third-order valence-electron chi connectivity index (χ3n) is 1.65. The maximum Gasteiger partial charge on any atom is 0.110 e. The van der Waals surface area contributed by atoms with Crippen molar-refractivity contribution in [3.8, 4) is 0 Å². The number of aliphatic hydroxyl groups excluding tert-OH is 1. The van der Waals surface area contributed by atoms with Crippen molar-refractivity contribution in [2.45, 2.75) is 13.2 Å². The lowest BCUT2D eigenvalue weighted by Crippen LogP contribution is -2.35. The van der Waals surface area contributed by atoms with Crippen LogP contribution in [0, 0.1) is 0 Å². The van der Waals surface area contributed by atoms with Gasteiger partial charge in [-0.3, -0.25) is 20.2 Å². The van der Waals surface area contributed by atoms with Crippen molar-refractivity contribution in [1.29, 1.82) is 0 Å². The number of aliphatic imine (C=N–C) groups is 2. The Morgan fingerprint density at radius 2 is 2.38 bits per heavy atom. The van der Waals surface area contributed by atoms with Gasteiger partial charge in [-0.2, -0.15) is 0 Å². The van der Waals surface area contributed by atoms with E-state index >= 15 is 0 Å². The maximum atomic E-state index is 9.11. The SMILES string of the molecule is C=NC=NCNCCN(C)C(C)O. The number of likely N-dealkylation sites (N-methyl/N-ethyl adjacent to an activating group) is 1. The third-order valence-corrected chi connectivity index (χ3v) is 1.65. The fourth-order valence-corrected chi connectivity index (χ4v) is 0.684. The highest BCUT2D eigenvalue weighted by atomic mass is 16.3. The number of hydrogen-bond donors (Lipinski definition) is 2. The van der Waals surface area contributed by atoms with Gasteiger partial charge in [0.15, 0.2) is 0 Å². The van der Waals surface area contributed by atoms with Gasteiger partial charge in [0.1, 0.15) is 12.6 Å². The predicted octanol–water partition coefficient (Wildman–Crippen LogP) is -0.467. The molecule has 13 heavy (non-hydrogen) atoms. The van der Waals surface area contributed by atoms with Gasteiger partial charge in [-0.25, -0.2) is 0 Å². The number of nitrogens with zero attached hydrogens (tertiary/aromatic N) is 3. The van der Waals surface area contributed by atoms with Crippen LogP contribution in [-0.4, -0.2) is 56.1 Å². The van der Waals surface area contributed by atoms with Crippen LogP contribution in [0.1, 0.15) is 6.92 Å². The summed E-state index contributed by atoms with van der Waals surface area (Å²) in [6, 6.07) is 0. The largest absolute Gasteiger partial charge is 0.379 e. The summed E-state index contributed by atoms with van der Waals surface area (Å²) in [5, 5.41) is 12.2. The van der Waals surface area contributed by atoms with Crippen LogP contribution in [0.5, 0.6) is 0 Å². The number of hydrogen-bond acceptors (Lipinski definition) is 4. The van der Waals surface area contributed by atoms with E-state index in [0.29, 0.717) is 6.67 Å². The van der Waals surface area contributed by atoms with Gasteiger partial charge in [-0.15, -0.1) is 0 Å². The van der Waals surface area contributed by atoms with Crippen molar-refractivity contribution in [1.82, 2.24) is 10.2 Å². The molecule has 0 bridgehead atoms. The molecule has 0 aliphatic rings. The van der Waals surface area contributed by atoms with E-state index in [2.05, 4.69) is 22.0 Å². The molecule has 5 heteroatoms. The summed E-state index contributed by atoms with van der Waals surface area (Å²) in [5.41, 5.74) is 0. The molecule has 0 rings (SSSR count). The Morgan fingerprint density at radius 3 is 2.92 bits per heavy atom. The van der Waals surface area contributed by atoms with Crippen molar-refractivity contribution >= 4 is 13.1 Å². The third kappa shape index (κ3) is 7.58. The monoisotopic (exact) mass is 186 g/mol. The molecule has 0 aliphatic carbocycles. The van der Waals surface area contributed by atoms with Gasteiger partial charge >= 0.3 is 0 Å². The van der Waals surface area contributed by atoms with Crippen LogP contribution < -0.4 is 5.32 Å². The van der Waals surface area contributed by atoms with Crippen molar-refractivity contribution in [3.63, 3.8) is 0 Å². The fraction of sp³-hybridized carbons (Fsp3) is 0.750. The molecule has 1 atom stereocenters. The first-order valence-electron chi connectivity index (χ1n) is 4.21. The first-order valence-corrected chi connectivity index (χ1v) is 4.21. The van der Waals surface area contributed by atoms with E-state index in [4.69, 9.17) is 5.11 Å². The van der Waals surface area contributed by atoms with Crippen molar-refractivity contribution in [2.24, 2.45) is 9.98 Å². The van der Waals surface area contributed by atoms with Crippen LogP contribution in [0.4, 0.5) is 0 Å². The highest BCUT2D eigenvalue weighted by Gasteiger charge is 2.01. The summed E-state index contributed by atoms with van der Waals surface area (Å²) >= 11 is 0. The number of aliphatic hydroxyl groups is 1. The zero-order chi connectivity index (χ0) is 10.1. The summed E-state index contributed by atoms with van der Waals surface area (Å²) in [6.45, 7) is 7.11. The van der Waals surface area contributed by atoms with E-state index in [9.17, 15) is 0 Å². The van der Waals surface area contributed by atoms with Crippen molar-refractivity contribution in [3.05, 3.63) is 0 Å². The molecule has 0 aliphatic heterocycles. The van der Waals surface area contributed by atoms with Gasteiger partial charge in [0.25, 0.3) is 0 Å². The Kier molecular flexibility index (Phi) is 7.38. The normalized spacial score (nSPS) is 13.8. The predicted molar refractivity (Wildman–Crippen MR) is 55.2 cm³/mol. The topological polar surface area (TPSA) is 60.2 Å². The quantitative estimate of drug-likeness (QED) is 0.245. The molecular weight excluding hydrogens is 168 g/mol. The van der Waals surface area contributed by atoms with Crippen LogP contribution in [-0.2, 0) is 0 Å². The van der Waals surface area contributed by atoms with Gasteiger partial charge in [0.05, 0.1) is 6.67 Å². The first-order chi connectivity index (χ1) is 6.18. The molecule has 0 aromatic heterocycles. The van der Waals surface area contributed by atoms with E-state index in [1.54, 1.807) is 6.92 Å². The standard InChI is InChI=1S/C8H18N4O/c1-8(13)12(3)5-4-10-7-11-6-9-2/h6,8,10,13H,2,4-5,7H2,1,3H3. The lowest BCUT2D eigenvalue weighted by atomic mass is 10.5. The molecule has 0 saturated carbocycles. The summed E-state index contributed by atoms with van der Waals surface area (Å²) in [6.07, 6.45) is 1.01. The van der Waals surface area contributed by atoms with Crippen LogP contribution in [0.3, 0.4) is 0 Å². The average molecular weight is 186 g/mol. The Bertz CT molecular complexity index is 158. The van der Waals surface area contributed by atoms with Gasteiger partial charge in [-0.05, 0) is 20.7 Å². The molecule has 1 unspecified atom stereocenters. The summed E-state index contributed by atoms with van der Waals surface area (Å²) in [4.78, 5) is 9.19. The minimum absolute atomic E-state index is 0.403. The molecule has 0 amide bonds. The Labute approximate surface area is 79.2 Å². The van der Waals surface area contributed by atoms with E-state index in [0.717, 1.165) is 13.1 Å². The molecule has 0 heterocycles. The average Bonchev–Trinajstić information content (AvgIpc) is 2.10. The molecule has 2 N–H and O–H groups in total. The molecule has 0 radical (unpaired) electrons. The first kappa shape index (κ1) is 12.2. The van der Waals surface area contributed by atoms with Gasteiger partial charge < -0.3 is 5.11 Å². The molecule has 0 aromatic carbocycles. The zero-order valence-electron chi connectivity index (χ0n) is 8.27. The summed E-state index contributed by atoms with van der Waals surface area (Å²) in [7, 11) is 1.86. The Balaban J connectivity index is 3.25. The van der Waals surface area contributed by atoms with Gasteiger partial charge in [0, 0.05) is 13.1 Å². The highest BCUT2D eigenvalue weighted by molar-refractivity contribution is 5.61. The van der Waals surface area contributed by atoms with Crippen LogP contribution >= 0.6 is 0 Å². The number of nitrogens with one attached hydrogen (secondary N) is 1.